The molecule has 42 heavy (non-hydrogen) atoms. The second kappa shape index (κ2) is 14.0. The van der Waals surface area contributed by atoms with Gasteiger partial charge in [0.2, 0.25) is 26.0 Å². The van der Waals surface area contributed by atoms with E-state index in [2.05, 4.69) is 10.2 Å². The van der Waals surface area contributed by atoms with E-state index in [1.165, 1.54) is 33.3 Å². The molecule has 1 amide bonds. The Morgan fingerprint density at radius 3 is 1.93 bits per heavy atom. The Kier molecular flexibility index (Phi) is 11.0. The van der Waals surface area contributed by atoms with Crippen LogP contribution in [0.1, 0.15) is 63.4 Å². The predicted molar refractivity (Wildman–Crippen MR) is 159 cm³/mol. The number of amides is 1. The van der Waals surface area contributed by atoms with Crippen LogP contribution in [0.25, 0.3) is 0 Å². The van der Waals surface area contributed by atoms with Gasteiger partial charge in [-0.3, -0.25) is 4.79 Å². The lowest BCUT2D eigenvalue weighted by Gasteiger charge is -2.37. The minimum absolute atomic E-state index is 0.00457. The maximum absolute atomic E-state index is 14.2. The Labute approximate surface area is 250 Å². The second-order valence-electron chi connectivity index (χ2n) is 12.4. The Morgan fingerprint density at radius 1 is 0.857 bits per heavy atom. The monoisotopic (exact) mass is 632 g/mol. The highest BCUT2D eigenvalue weighted by Gasteiger charge is 2.37. The number of halogens is 2. The molecule has 1 aromatic rings. The van der Waals surface area contributed by atoms with Crippen LogP contribution in [0.2, 0.25) is 0 Å². The zero-order chi connectivity index (χ0) is 30.7. The van der Waals surface area contributed by atoms with Crippen molar-refractivity contribution in [3.05, 3.63) is 35.4 Å². The average Bonchev–Trinajstić information content (AvgIpc) is 3.40. The standard InChI is InChI=1S/C29H46F2N4O5S2/c1-4-27(22-7-16-35(20-22)42(3,39)40)29(36)32-26-8-11-33(12-9-26)13-10-28(23-17-24(30)19-25(31)18-23)21-5-14-34(15-6-21)41(2,37)38/h17-19,21-22,26-28H,4-16,20H2,1-3H3,(H,32,36). The van der Waals surface area contributed by atoms with Gasteiger partial charge < -0.3 is 10.2 Å². The average molecular weight is 633 g/mol. The summed E-state index contributed by atoms with van der Waals surface area (Å²) >= 11 is 0. The molecule has 0 radical (unpaired) electrons. The van der Waals surface area contributed by atoms with E-state index in [1.807, 2.05) is 6.92 Å². The van der Waals surface area contributed by atoms with Crippen LogP contribution in [-0.4, -0.2) is 101 Å². The molecule has 238 valence electrons. The normalized spacial score (nSPS) is 24.1. The van der Waals surface area contributed by atoms with Gasteiger partial charge in [-0.1, -0.05) is 6.92 Å². The lowest BCUT2D eigenvalue weighted by Crippen LogP contribution is -2.47. The first-order valence-corrected chi connectivity index (χ1v) is 18.8. The Bertz CT molecular complexity index is 1280. The molecule has 0 spiro atoms. The molecule has 0 saturated carbocycles. The molecule has 9 nitrogen and oxygen atoms in total. The molecule has 1 aromatic carbocycles. The largest absolute Gasteiger partial charge is 0.353 e. The van der Waals surface area contributed by atoms with Crippen LogP contribution < -0.4 is 5.32 Å². The molecule has 1 N–H and O–H groups in total. The summed E-state index contributed by atoms with van der Waals surface area (Å²) < 4.78 is 79.1. The van der Waals surface area contributed by atoms with Gasteiger partial charge in [0.05, 0.1) is 12.5 Å². The first-order chi connectivity index (χ1) is 19.7. The lowest BCUT2D eigenvalue weighted by atomic mass is 9.78. The highest BCUT2D eigenvalue weighted by Crippen LogP contribution is 2.37. The van der Waals surface area contributed by atoms with E-state index in [-0.39, 0.29) is 35.6 Å². The predicted octanol–water partition coefficient (Wildman–Crippen LogP) is 3.00. The number of likely N-dealkylation sites (tertiary alicyclic amines) is 1. The third-order valence-electron chi connectivity index (χ3n) is 9.54. The zero-order valence-corrected chi connectivity index (χ0v) is 26.6. The highest BCUT2D eigenvalue weighted by atomic mass is 32.2. The fraction of sp³-hybridized carbons (Fsp3) is 0.759. The van der Waals surface area contributed by atoms with Crippen LogP contribution in [0.5, 0.6) is 0 Å². The van der Waals surface area contributed by atoms with E-state index < -0.39 is 31.7 Å². The summed E-state index contributed by atoms with van der Waals surface area (Å²) in [6, 6.07) is 3.75. The summed E-state index contributed by atoms with van der Waals surface area (Å²) in [6.45, 7) is 5.99. The molecule has 3 unspecified atom stereocenters. The minimum atomic E-state index is -3.27. The van der Waals surface area contributed by atoms with Crippen LogP contribution in [-0.2, 0) is 24.8 Å². The molecule has 0 bridgehead atoms. The molecule has 3 saturated heterocycles. The second-order valence-corrected chi connectivity index (χ2v) is 16.4. The molecule has 3 atom stereocenters. The number of piperidine rings is 2. The number of nitrogens with zero attached hydrogens (tertiary/aromatic N) is 3. The fourth-order valence-electron chi connectivity index (χ4n) is 7.12. The van der Waals surface area contributed by atoms with Crippen molar-refractivity contribution < 1.29 is 30.4 Å². The Balaban J connectivity index is 1.30. The van der Waals surface area contributed by atoms with Crippen molar-refractivity contribution in [1.82, 2.24) is 18.8 Å². The summed E-state index contributed by atoms with van der Waals surface area (Å²) in [7, 11) is -6.52. The number of hydrogen-bond acceptors (Lipinski definition) is 6. The van der Waals surface area contributed by atoms with E-state index in [9.17, 15) is 30.4 Å². The van der Waals surface area contributed by atoms with Crippen molar-refractivity contribution in [3.63, 3.8) is 0 Å². The summed E-state index contributed by atoms with van der Waals surface area (Å²) in [5.41, 5.74) is 0.624. The third kappa shape index (κ3) is 8.71. The van der Waals surface area contributed by atoms with Crippen molar-refractivity contribution in [2.75, 3.05) is 58.3 Å². The molecule has 0 aromatic heterocycles. The zero-order valence-electron chi connectivity index (χ0n) is 25.0. The van der Waals surface area contributed by atoms with E-state index in [0.29, 0.717) is 63.8 Å². The van der Waals surface area contributed by atoms with Crippen LogP contribution >= 0.6 is 0 Å². The summed E-state index contributed by atoms with van der Waals surface area (Å²) in [4.78, 5) is 15.5. The minimum Gasteiger partial charge on any atom is -0.353 e. The molecule has 3 fully saturated rings. The smallest absolute Gasteiger partial charge is 0.223 e. The van der Waals surface area contributed by atoms with Crippen molar-refractivity contribution in [3.8, 4) is 0 Å². The number of sulfonamides is 2. The van der Waals surface area contributed by atoms with Crippen molar-refractivity contribution >= 4 is 26.0 Å². The van der Waals surface area contributed by atoms with Crippen LogP contribution in [0.15, 0.2) is 18.2 Å². The highest BCUT2D eigenvalue weighted by molar-refractivity contribution is 7.88. The van der Waals surface area contributed by atoms with Gasteiger partial charge >= 0.3 is 0 Å². The maximum Gasteiger partial charge on any atom is 0.223 e. The number of benzene rings is 1. The third-order valence-corrected chi connectivity index (χ3v) is 12.1. The first kappa shape index (κ1) is 33.2. The van der Waals surface area contributed by atoms with Crippen molar-refractivity contribution in [2.45, 2.75) is 63.8 Å². The first-order valence-electron chi connectivity index (χ1n) is 15.1. The summed E-state index contributed by atoms with van der Waals surface area (Å²) in [5.74, 6) is -1.35. The van der Waals surface area contributed by atoms with Crippen LogP contribution in [0, 0.1) is 29.4 Å². The van der Waals surface area contributed by atoms with Gasteiger partial charge in [-0.2, -0.15) is 0 Å². The van der Waals surface area contributed by atoms with Crippen LogP contribution in [0.3, 0.4) is 0 Å². The van der Waals surface area contributed by atoms with Crippen molar-refractivity contribution in [2.24, 2.45) is 17.8 Å². The van der Waals surface area contributed by atoms with Crippen molar-refractivity contribution in [1.29, 1.82) is 0 Å². The summed E-state index contributed by atoms with van der Waals surface area (Å²) in [5, 5.41) is 3.22. The molecule has 3 heterocycles. The molecule has 13 heteroatoms. The number of nitrogens with one attached hydrogen (secondary N) is 1. The van der Waals surface area contributed by atoms with E-state index in [4.69, 9.17) is 0 Å². The quantitative estimate of drug-likeness (QED) is 0.402. The number of carbonyl (C=O) groups is 1. The molecule has 4 rings (SSSR count). The molecule has 3 aliphatic heterocycles. The molecular weight excluding hydrogens is 586 g/mol. The van der Waals surface area contributed by atoms with E-state index >= 15 is 0 Å². The fourth-order valence-corrected chi connectivity index (χ4v) is 8.89. The van der Waals surface area contributed by atoms with Crippen LogP contribution in [0.4, 0.5) is 8.78 Å². The molecule has 3 aliphatic rings. The van der Waals surface area contributed by atoms with Gasteiger partial charge in [-0.05, 0) is 86.9 Å². The van der Waals surface area contributed by atoms with Gasteiger partial charge in [0.15, 0.2) is 0 Å². The summed E-state index contributed by atoms with van der Waals surface area (Å²) in [6.07, 6.45) is 7.38. The van der Waals surface area contributed by atoms with Gasteiger partial charge in [-0.15, -0.1) is 0 Å². The van der Waals surface area contributed by atoms with E-state index in [1.54, 1.807) is 0 Å². The van der Waals surface area contributed by atoms with Gasteiger partial charge in [0.1, 0.15) is 11.6 Å². The Morgan fingerprint density at radius 2 is 1.40 bits per heavy atom. The topological polar surface area (TPSA) is 107 Å². The lowest BCUT2D eigenvalue weighted by molar-refractivity contribution is -0.127. The molecule has 0 aliphatic carbocycles. The SMILES string of the molecule is CCC(C(=O)NC1CCN(CCC(c2cc(F)cc(F)c2)C2CCN(S(C)(=O)=O)CC2)CC1)C1CCN(S(C)(=O)=O)C1. The van der Waals surface area contributed by atoms with Gasteiger partial charge in [0.25, 0.3) is 0 Å². The number of carbonyl (C=O) groups excluding carboxylic acids is 1. The number of rotatable bonds is 11. The van der Waals surface area contributed by atoms with Gasteiger partial charge in [0, 0.05) is 57.3 Å². The Hall–Kier alpha value is -1.67. The van der Waals surface area contributed by atoms with E-state index in [0.717, 1.165) is 38.5 Å². The molecular formula is C29H46F2N4O5S2. The van der Waals surface area contributed by atoms with Gasteiger partial charge in [-0.25, -0.2) is 34.2 Å². The number of hydrogen-bond donors (Lipinski definition) is 1. The maximum atomic E-state index is 14.2.